The lowest BCUT2D eigenvalue weighted by atomic mass is 10.0. The first-order valence-electron chi connectivity index (χ1n) is 6.92. The van der Waals surface area contributed by atoms with Crippen molar-refractivity contribution in [3.8, 4) is 5.75 Å². The number of aromatic carboxylic acids is 1. The summed E-state index contributed by atoms with van der Waals surface area (Å²) in [4.78, 5) is 11.2. The maximum absolute atomic E-state index is 11.2. The molecule has 1 N–H and O–H groups in total. The van der Waals surface area contributed by atoms with E-state index in [0.717, 1.165) is 22.3 Å². The molecule has 0 aliphatic rings. The van der Waals surface area contributed by atoms with Crippen LogP contribution in [-0.2, 0) is 6.61 Å². The molecule has 0 bridgehead atoms. The average molecular weight is 284 g/mol. The maximum atomic E-state index is 11.2. The van der Waals surface area contributed by atoms with Crippen molar-refractivity contribution in [2.75, 3.05) is 0 Å². The zero-order valence-electron chi connectivity index (χ0n) is 12.9. The fraction of sp³-hybridized carbons (Fsp3) is 0.278. The second-order valence-electron chi connectivity index (χ2n) is 5.47. The van der Waals surface area contributed by atoms with Gasteiger partial charge in [0.25, 0.3) is 0 Å². The predicted molar refractivity (Wildman–Crippen MR) is 83.1 cm³/mol. The Morgan fingerprint density at radius 3 is 2.19 bits per heavy atom. The van der Waals surface area contributed by atoms with E-state index < -0.39 is 5.97 Å². The molecule has 0 saturated carbocycles. The Balaban J connectivity index is 2.28. The highest BCUT2D eigenvalue weighted by Gasteiger charge is 2.12. The monoisotopic (exact) mass is 284 g/mol. The molecule has 21 heavy (non-hydrogen) atoms. The summed E-state index contributed by atoms with van der Waals surface area (Å²) in [5.41, 5.74) is 5.83. The van der Waals surface area contributed by atoms with Crippen LogP contribution in [0.4, 0.5) is 0 Å². The van der Waals surface area contributed by atoms with Gasteiger partial charge < -0.3 is 9.84 Å². The van der Waals surface area contributed by atoms with Crippen molar-refractivity contribution in [2.24, 2.45) is 0 Å². The van der Waals surface area contributed by atoms with Gasteiger partial charge >= 0.3 is 5.97 Å². The Kier molecular flexibility index (Phi) is 4.32. The number of rotatable bonds is 4. The van der Waals surface area contributed by atoms with Crippen LogP contribution in [0.15, 0.2) is 30.3 Å². The average Bonchev–Trinajstić information content (AvgIpc) is 2.37. The maximum Gasteiger partial charge on any atom is 0.339 e. The topological polar surface area (TPSA) is 46.5 Å². The van der Waals surface area contributed by atoms with Gasteiger partial charge in [-0.1, -0.05) is 23.8 Å². The van der Waals surface area contributed by atoms with Crippen molar-refractivity contribution >= 4 is 5.97 Å². The summed E-state index contributed by atoms with van der Waals surface area (Å²) < 4.78 is 5.79. The second-order valence-corrected chi connectivity index (χ2v) is 5.47. The van der Waals surface area contributed by atoms with Crippen LogP contribution in [0.5, 0.6) is 5.75 Å². The highest BCUT2D eigenvalue weighted by Crippen LogP contribution is 2.24. The lowest BCUT2D eigenvalue weighted by molar-refractivity contribution is 0.0692. The Hall–Kier alpha value is -2.29. The van der Waals surface area contributed by atoms with Gasteiger partial charge in [0, 0.05) is 0 Å². The molecular weight excluding hydrogens is 264 g/mol. The number of carbonyl (C=O) groups is 1. The van der Waals surface area contributed by atoms with E-state index in [1.807, 2.05) is 20.8 Å². The van der Waals surface area contributed by atoms with Gasteiger partial charge in [0.1, 0.15) is 17.9 Å². The van der Waals surface area contributed by atoms with Gasteiger partial charge in [-0.3, -0.25) is 0 Å². The van der Waals surface area contributed by atoms with Gasteiger partial charge in [-0.25, -0.2) is 4.79 Å². The van der Waals surface area contributed by atoms with E-state index in [4.69, 9.17) is 4.74 Å². The number of carboxylic acids is 1. The summed E-state index contributed by atoms with van der Waals surface area (Å²) in [7, 11) is 0. The highest BCUT2D eigenvalue weighted by molar-refractivity contribution is 5.90. The number of hydrogen-bond acceptors (Lipinski definition) is 2. The molecule has 3 nitrogen and oxygen atoms in total. The van der Waals surface area contributed by atoms with Crippen molar-refractivity contribution in [3.05, 3.63) is 63.7 Å². The molecule has 2 aromatic rings. The molecule has 0 amide bonds. The van der Waals surface area contributed by atoms with Gasteiger partial charge in [-0.2, -0.15) is 0 Å². The third-order valence-electron chi connectivity index (χ3n) is 3.58. The van der Waals surface area contributed by atoms with Crippen molar-refractivity contribution in [2.45, 2.75) is 34.3 Å². The number of aryl methyl sites for hydroxylation is 4. The molecule has 0 heterocycles. The highest BCUT2D eigenvalue weighted by atomic mass is 16.5. The minimum absolute atomic E-state index is 0.197. The molecule has 2 aromatic carbocycles. The largest absolute Gasteiger partial charge is 0.488 e. The molecule has 0 aliphatic carbocycles. The number of carboxylic acid groups (broad SMARTS) is 1. The van der Waals surface area contributed by atoms with Crippen LogP contribution in [0.2, 0.25) is 0 Å². The van der Waals surface area contributed by atoms with Crippen LogP contribution >= 0.6 is 0 Å². The first-order chi connectivity index (χ1) is 9.88. The lowest BCUT2D eigenvalue weighted by Crippen LogP contribution is -2.06. The second kappa shape index (κ2) is 6.00. The summed E-state index contributed by atoms with van der Waals surface area (Å²) in [6.45, 7) is 8.45. The van der Waals surface area contributed by atoms with Crippen molar-refractivity contribution < 1.29 is 14.6 Å². The Morgan fingerprint density at radius 2 is 1.62 bits per heavy atom. The van der Waals surface area contributed by atoms with E-state index in [1.54, 1.807) is 18.2 Å². The van der Waals surface area contributed by atoms with Crippen LogP contribution in [0.1, 0.15) is 38.2 Å². The minimum atomic E-state index is -0.970. The fourth-order valence-electron chi connectivity index (χ4n) is 2.51. The third kappa shape index (κ3) is 3.43. The quantitative estimate of drug-likeness (QED) is 0.915. The zero-order valence-corrected chi connectivity index (χ0v) is 12.9. The number of ether oxygens (including phenoxy) is 1. The Morgan fingerprint density at radius 1 is 1.00 bits per heavy atom. The van der Waals surface area contributed by atoms with Gasteiger partial charge in [0.05, 0.1) is 0 Å². The van der Waals surface area contributed by atoms with Crippen LogP contribution in [0, 0.1) is 27.7 Å². The number of hydrogen-bond donors (Lipinski definition) is 1. The molecular formula is C18H20O3. The zero-order chi connectivity index (χ0) is 15.6. The molecule has 0 fully saturated rings. The van der Waals surface area contributed by atoms with Crippen LogP contribution in [-0.4, -0.2) is 11.1 Å². The molecule has 110 valence electrons. The molecule has 0 saturated heterocycles. The van der Waals surface area contributed by atoms with Gasteiger partial charge in [0.2, 0.25) is 0 Å². The number of benzene rings is 2. The Bertz CT molecular complexity index is 664. The molecule has 0 spiro atoms. The molecule has 3 heteroatoms. The van der Waals surface area contributed by atoms with Crippen LogP contribution in [0.25, 0.3) is 0 Å². The van der Waals surface area contributed by atoms with E-state index in [1.165, 1.54) is 5.56 Å². The molecule has 0 aliphatic heterocycles. The van der Waals surface area contributed by atoms with E-state index in [2.05, 4.69) is 19.1 Å². The molecule has 0 unspecified atom stereocenters. The van der Waals surface area contributed by atoms with E-state index >= 15 is 0 Å². The predicted octanol–water partition coefficient (Wildman–Crippen LogP) is 4.20. The SMILES string of the molecule is Cc1cc(C)c(COc2cc(C)ccc2C(=O)O)c(C)c1. The normalized spacial score (nSPS) is 10.5. The van der Waals surface area contributed by atoms with E-state index in [9.17, 15) is 9.90 Å². The molecule has 0 aromatic heterocycles. The summed E-state index contributed by atoms with van der Waals surface area (Å²) in [6.07, 6.45) is 0. The van der Waals surface area contributed by atoms with Gasteiger partial charge in [0.15, 0.2) is 0 Å². The van der Waals surface area contributed by atoms with Crippen LogP contribution < -0.4 is 4.74 Å². The Labute approximate surface area is 125 Å². The molecule has 0 radical (unpaired) electrons. The van der Waals surface area contributed by atoms with Gasteiger partial charge in [-0.05, 0) is 62.1 Å². The summed E-state index contributed by atoms with van der Waals surface area (Å²) in [6, 6.07) is 9.35. The van der Waals surface area contributed by atoms with Crippen molar-refractivity contribution in [1.29, 1.82) is 0 Å². The first-order valence-corrected chi connectivity index (χ1v) is 6.92. The lowest BCUT2D eigenvalue weighted by Gasteiger charge is -2.14. The third-order valence-corrected chi connectivity index (χ3v) is 3.58. The standard InChI is InChI=1S/C18H20O3/c1-11-5-6-15(18(19)20)17(9-11)21-10-16-13(3)7-12(2)8-14(16)4/h5-9H,10H2,1-4H3,(H,19,20). The van der Waals surface area contributed by atoms with Crippen molar-refractivity contribution in [1.82, 2.24) is 0 Å². The summed E-state index contributed by atoms with van der Waals surface area (Å²) in [5, 5.41) is 9.22. The van der Waals surface area contributed by atoms with Gasteiger partial charge in [-0.15, -0.1) is 0 Å². The van der Waals surface area contributed by atoms with Crippen molar-refractivity contribution in [3.63, 3.8) is 0 Å². The first kappa shape index (κ1) is 15.1. The molecule has 0 atom stereocenters. The van der Waals surface area contributed by atoms with E-state index in [-0.39, 0.29) is 5.56 Å². The fourth-order valence-corrected chi connectivity index (χ4v) is 2.51. The summed E-state index contributed by atoms with van der Waals surface area (Å²) >= 11 is 0. The van der Waals surface area contributed by atoms with Crippen LogP contribution in [0.3, 0.4) is 0 Å². The van der Waals surface area contributed by atoms with E-state index in [0.29, 0.717) is 12.4 Å². The smallest absolute Gasteiger partial charge is 0.339 e. The summed E-state index contributed by atoms with van der Waals surface area (Å²) in [5.74, 6) is -0.552. The molecule has 2 rings (SSSR count). The minimum Gasteiger partial charge on any atom is -0.488 e.